The Morgan fingerprint density at radius 1 is 1.19 bits per heavy atom. The van der Waals surface area contributed by atoms with Gasteiger partial charge in [-0.3, -0.25) is 4.98 Å². The van der Waals surface area contributed by atoms with E-state index in [-0.39, 0.29) is 5.54 Å². The lowest BCUT2D eigenvalue weighted by atomic mass is 10.1. The van der Waals surface area contributed by atoms with Crippen LogP contribution >= 0.6 is 23.2 Å². The molecule has 0 aliphatic carbocycles. The first-order chi connectivity index (χ1) is 9.85. The average Bonchev–Trinajstić information content (AvgIpc) is 2.41. The molecule has 0 amide bonds. The van der Waals surface area contributed by atoms with Gasteiger partial charge in [-0.25, -0.2) is 0 Å². The molecule has 112 valence electrons. The summed E-state index contributed by atoms with van der Waals surface area (Å²) in [7, 11) is 0. The Kier molecular flexibility index (Phi) is 5.09. The van der Waals surface area contributed by atoms with Crippen LogP contribution in [0.25, 0.3) is 0 Å². The number of hydrogen-bond donors (Lipinski definition) is 1. The highest BCUT2D eigenvalue weighted by Crippen LogP contribution is 2.34. The smallest absolute Gasteiger partial charge is 0.147 e. The molecule has 3 nitrogen and oxygen atoms in total. The number of rotatable bonds is 4. The van der Waals surface area contributed by atoms with Crippen molar-refractivity contribution in [3.05, 3.63) is 52.3 Å². The number of benzene rings is 1. The highest BCUT2D eigenvalue weighted by Gasteiger charge is 2.10. The second-order valence-corrected chi connectivity index (χ2v) is 6.53. The summed E-state index contributed by atoms with van der Waals surface area (Å²) in [6.07, 6.45) is 1.72. The predicted octanol–water partition coefficient (Wildman–Crippen LogP) is 5.07. The van der Waals surface area contributed by atoms with Crippen molar-refractivity contribution in [2.45, 2.75) is 32.9 Å². The van der Waals surface area contributed by atoms with Crippen LogP contribution in [0.4, 0.5) is 0 Å². The van der Waals surface area contributed by atoms with Crippen LogP contribution in [-0.4, -0.2) is 10.5 Å². The second kappa shape index (κ2) is 6.65. The van der Waals surface area contributed by atoms with E-state index in [1.165, 1.54) is 0 Å². The van der Waals surface area contributed by atoms with Gasteiger partial charge in [-0.2, -0.15) is 0 Å². The summed E-state index contributed by atoms with van der Waals surface area (Å²) in [5.74, 6) is 1.21. The second-order valence-electron chi connectivity index (χ2n) is 5.74. The van der Waals surface area contributed by atoms with E-state index in [1.54, 1.807) is 30.5 Å². The number of pyridine rings is 1. The molecule has 1 heterocycles. The summed E-state index contributed by atoms with van der Waals surface area (Å²) >= 11 is 12.1. The van der Waals surface area contributed by atoms with Crippen LogP contribution in [0.5, 0.6) is 11.5 Å². The van der Waals surface area contributed by atoms with Gasteiger partial charge in [0.2, 0.25) is 0 Å². The molecule has 0 bridgehead atoms. The summed E-state index contributed by atoms with van der Waals surface area (Å²) in [6.45, 7) is 7.00. The van der Waals surface area contributed by atoms with E-state index in [0.717, 1.165) is 5.69 Å². The number of nitrogens with one attached hydrogen (secondary N) is 1. The fraction of sp³-hybridized carbons (Fsp3) is 0.312. The third-order valence-corrected chi connectivity index (χ3v) is 3.53. The van der Waals surface area contributed by atoms with E-state index in [9.17, 15) is 0 Å². The Bertz CT molecular complexity index is 624. The Morgan fingerprint density at radius 2 is 1.95 bits per heavy atom. The molecule has 21 heavy (non-hydrogen) atoms. The van der Waals surface area contributed by atoms with Crippen LogP contribution in [0.1, 0.15) is 26.5 Å². The van der Waals surface area contributed by atoms with Crippen molar-refractivity contribution in [1.82, 2.24) is 10.3 Å². The minimum atomic E-state index is 0.0365. The molecular formula is C16H18Cl2N2O. The van der Waals surface area contributed by atoms with Crippen molar-refractivity contribution in [2.75, 3.05) is 0 Å². The largest absolute Gasteiger partial charge is 0.456 e. The van der Waals surface area contributed by atoms with Crippen LogP contribution in [0.15, 0.2) is 36.5 Å². The zero-order valence-electron chi connectivity index (χ0n) is 12.3. The van der Waals surface area contributed by atoms with Crippen molar-refractivity contribution >= 4 is 23.2 Å². The summed E-state index contributed by atoms with van der Waals surface area (Å²) in [6, 6.07) is 8.98. The van der Waals surface area contributed by atoms with Crippen molar-refractivity contribution in [3.8, 4) is 11.5 Å². The van der Waals surface area contributed by atoms with Crippen molar-refractivity contribution in [3.63, 3.8) is 0 Å². The number of hydrogen-bond acceptors (Lipinski definition) is 3. The molecule has 0 fully saturated rings. The third-order valence-electron chi connectivity index (χ3n) is 2.73. The third kappa shape index (κ3) is 4.88. The molecule has 0 saturated carbocycles. The summed E-state index contributed by atoms with van der Waals surface area (Å²) in [4.78, 5) is 4.32. The van der Waals surface area contributed by atoms with Crippen molar-refractivity contribution < 1.29 is 4.74 Å². The minimum absolute atomic E-state index is 0.0365. The lowest BCUT2D eigenvalue weighted by Crippen LogP contribution is -2.35. The Morgan fingerprint density at radius 3 is 2.67 bits per heavy atom. The number of aromatic nitrogens is 1. The van der Waals surface area contributed by atoms with Crippen LogP contribution in [0, 0.1) is 0 Å². The van der Waals surface area contributed by atoms with Crippen LogP contribution in [0.2, 0.25) is 10.0 Å². The van der Waals surface area contributed by atoms with Gasteiger partial charge < -0.3 is 10.1 Å². The van der Waals surface area contributed by atoms with Crippen LogP contribution in [-0.2, 0) is 6.54 Å². The van der Waals surface area contributed by atoms with E-state index in [4.69, 9.17) is 27.9 Å². The molecule has 0 saturated heterocycles. The van der Waals surface area contributed by atoms with Gasteiger partial charge >= 0.3 is 0 Å². The van der Waals surface area contributed by atoms with Gasteiger partial charge in [-0.1, -0.05) is 29.3 Å². The predicted molar refractivity (Wildman–Crippen MR) is 87.4 cm³/mol. The molecule has 0 unspecified atom stereocenters. The molecule has 5 heteroatoms. The summed E-state index contributed by atoms with van der Waals surface area (Å²) < 4.78 is 5.78. The number of nitrogens with zero attached hydrogens (tertiary/aromatic N) is 1. The quantitative estimate of drug-likeness (QED) is 0.852. The standard InChI is InChI=1S/C16H18Cl2N2O/c1-16(2,3)20-10-11-9-12(7-8-19-11)21-14-6-4-5-13(17)15(14)18/h4-9,20H,10H2,1-3H3. The van der Waals surface area contributed by atoms with Gasteiger partial charge in [0.25, 0.3) is 0 Å². The monoisotopic (exact) mass is 324 g/mol. The van der Waals surface area contributed by atoms with E-state index in [2.05, 4.69) is 31.1 Å². The molecule has 1 N–H and O–H groups in total. The molecule has 0 spiro atoms. The van der Waals surface area contributed by atoms with Crippen molar-refractivity contribution in [2.24, 2.45) is 0 Å². The zero-order chi connectivity index (χ0) is 15.5. The molecule has 0 aliphatic heterocycles. The summed E-state index contributed by atoms with van der Waals surface area (Å²) in [5.41, 5.74) is 0.940. The molecule has 0 atom stereocenters. The molecule has 2 aromatic rings. The SMILES string of the molecule is CC(C)(C)NCc1cc(Oc2cccc(Cl)c2Cl)ccn1. The van der Waals surface area contributed by atoms with Gasteiger partial charge in [0.1, 0.15) is 16.5 Å². The van der Waals surface area contributed by atoms with E-state index >= 15 is 0 Å². The maximum absolute atomic E-state index is 6.12. The van der Waals surface area contributed by atoms with Gasteiger partial charge in [-0.15, -0.1) is 0 Å². The highest BCUT2D eigenvalue weighted by atomic mass is 35.5. The fourth-order valence-corrected chi connectivity index (χ4v) is 1.99. The lowest BCUT2D eigenvalue weighted by Gasteiger charge is -2.20. The fourth-order valence-electron chi connectivity index (χ4n) is 1.66. The maximum Gasteiger partial charge on any atom is 0.147 e. The average molecular weight is 325 g/mol. The Labute approximate surface area is 135 Å². The first kappa shape index (κ1) is 16.1. The van der Waals surface area contributed by atoms with E-state index in [0.29, 0.717) is 28.1 Å². The van der Waals surface area contributed by atoms with Gasteiger partial charge in [-0.05, 0) is 39.0 Å². The van der Waals surface area contributed by atoms with Crippen molar-refractivity contribution in [1.29, 1.82) is 0 Å². The number of ether oxygens (including phenoxy) is 1. The van der Waals surface area contributed by atoms with E-state index in [1.807, 2.05) is 6.07 Å². The van der Waals surface area contributed by atoms with Crippen LogP contribution < -0.4 is 10.1 Å². The molecule has 0 radical (unpaired) electrons. The molecule has 0 aliphatic rings. The van der Waals surface area contributed by atoms with E-state index < -0.39 is 0 Å². The molecule has 1 aromatic heterocycles. The van der Waals surface area contributed by atoms with Gasteiger partial charge in [0, 0.05) is 24.3 Å². The zero-order valence-corrected chi connectivity index (χ0v) is 13.8. The number of halogens is 2. The Balaban J connectivity index is 2.12. The topological polar surface area (TPSA) is 34.1 Å². The minimum Gasteiger partial charge on any atom is -0.456 e. The maximum atomic E-state index is 6.12. The summed E-state index contributed by atoms with van der Waals surface area (Å²) in [5, 5.41) is 4.26. The normalized spacial score (nSPS) is 11.5. The highest BCUT2D eigenvalue weighted by molar-refractivity contribution is 6.42. The van der Waals surface area contributed by atoms with Gasteiger partial charge in [0.15, 0.2) is 0 Å². The Hall–Kier alpha value is -1.29. The lowest BCUT2D eigenvalue weighted by molar-refractivity contribution is 0.419. The molecule has 2 rings (SSSR count). The molecule has 1 aromatic carbocycles. The van der Waals surface area contributed by atoms with Crippen LogP contribution in [0.3, 0.4) is 0 Å². The molecular weight excluding hydrogens is 307 g/mol. The van der Waals surface area contributed by atoms with Gasteiger partial charge in [0.05, 0.1) is 10.7 Å². The first-order valence-electron chi connectivity index (χ1n) is 6.67. The first-order valence-corrected chi connectivity index (χ1v) is 7.42.